The van der Waals surface area contributed by atoms with E-state index in [1.54, 1.807) is 7.11 Å². The van der Waals surface area contributed by atoms with Gasteiger partial charge in [0, 0.05) is 44.7 Å². The molecule has 8 nitrogen and oxygen atoms in total. The number of ether oxygens (including phenoxy) is 2. The average molecular weight is 554 g/mol. The van der Waals surface area contributed by atoms with E-state index < -0.39 is 0 Å². The number of rotatable bonds is 7. The maximum Gasteiger partial charge on any atom is 0.191 e. The van der Waals surface area contributed by atoms with Gasteiger partial charge in [0.25, 0.3) is 0 Å². The van der Waals surface area contributed by atoms with Crippen LogP contribution in [0.25, 0.3) is 0 Å². The number of aryl methyl sites for hydroxylation is 1. The number of aliphatic imine (C=N–C) groups is 1. The molecule has 0 bridgehead atoms. The molecule has 32 heavy (non-hydrogen) atoms. The highest BCUT2D eigenvalue weighted by atomic mass is 127. The molecule has 0 radical (unpaired) electrons. The SMILES string of the molecule is CCNC(=NCC1(c2ccccc2)CCOCC1)NC1CCc2nc(COC)nn2C1.I. The molecule has 3 heterocycles. The Morgan fingerprint density at radius 3 is 2.78 bits per heavy atom. The Hall–Kier alpha value is -1.72. The number of benzene rings is 1. The third-order valence-corrected chi connectivity index (χ3v) is 6.24. The fraction of sp³-hybridized carbons (Fsp3) is 0.609. The van der Waals surface area contributed by atoms with Crippen molar-refractivity contribution >= 4 is 29.9 Å². The maximum absolute atomic E-state index is 5.67. The minimum Gasteiger partial charge on any atom is -0.381 e. The molecule has 1 aromatic carbocycles. The van der Waals surface area contributed by atoms with Crippen LogP contribution in [-0.4, -0.2) is 60.2 Å². The molecule has 9 heteroatoms. The van der Waals surface area contributed by atoms with E-state index in [1.165, 1.54) is 5.56 Å². The van der Waals surface area contributed by atoms with E-state index in [2.05, 4.69) is 58.0 Å². The first-order valence-corrected chi connectivity index (χ1v) is 11.3. The molecule has 1 saturated heterocycles. The molecule has 0 aliphatic carbocycles. The molecule has 4 rings (SSSR count). The van der Waals surface area contributed by atoms with Crippen molar-refractivity contribution < 1.29 is 9.47 Å². The van der Waals surface area contributed by atoms with E-state index in [0.717, 1.165) is 76.1 Å². The van der Waals surface area contributed by atoms with Crippen LogP contribution >= 0.6 is 24.0 Å². The Labute approximate surface area is 207 Å². The Morgan fingerprint density at radius 1 is 1.28 bits per heavy atom. The number of guanidine groups is 1. The van der Waals surface area contributed by atoms with E-state index in [4.69, 9.17) is 14.5 Å². The third-order valence-electron chi connectivity index (χ3n) is 6.24. The molecule has 1 fully saturated rings. The lowest BCUT2D eigenvalue weighted by atomic mass is 9.74. The zero-order chi connectivity index (χ0) is 21.5. The molecular weight excluding hydrogens is 519 g/mol. The number of hydrogen-bond donors (Lipinski definition) is 2. The van der Waals surface area contributed by atoms with Gasteiger partial charge in [-0.2, -0.15) is 5.10 Å². The molecule has 1 unspecified atom stereocenters. The molecule has 2 N–H and O–H groups in total. The van der Waals surface area contributed by atoms with E-state index >= 15 is 0 Å². The summed E-state index contributed by atoms with van der Waals surface area (Å²) in [5.41, 5.74) is 1.39. The Morgan fingerprint density at radius 2 is 2.06 bits per heavy atom. The zero-order valence-corrected chi connectivity index (χ0v) is 21.4. The van der Waals surface area contributed by atoms with Gasteiger partial charge in [-0.05, 0) is 31.7 Å². The van der Waals surface area contributed by atoms with Crippen LogP contribution in [0.5, 0.6) is 0 Å². The molecular formula is C23H35IN6O2. The minimum absolute atomic E-state index is 0. The highest BCUT2D eigenvalue weighted by Gasteiger charge is 2.34. The number of halogens is 1. The van der Waals surface area contributed by atoms with Gasteiger partial charge < -0.3 is 20.1 Å². The normalized spacial score (nSPS) is 20.2. The van der Waals surface area contributed by atoms with Crippen molar-refractivity contribution in [3.8, 4) is 0 Å². The number of nitrogens with one attached hydrogen (secondary N) is 2. The lowest BCUT2D eigenvalue weighted by molar-refractivity contribution is 0.0531. The van der Waals surface area contributed by atoms with Crippen molar-refractivity contribution in [2.75, 3.05) is 33.4 Å². The lowest BCUT2D eigenvalue weighted by Crippen LogP contribution is -2.48. The fourth-order valence-electron chi connectivity index (χ4n) is 4.50. The summed E-state index contributed by atoms with van der Waals surface area (Å²) in [6, 6.07) is 11.0. The van der Waals surface area contributed by atoms with Crippen LogP contribution in [0, 0.1) is 0 Å². The second-order valence-corrected chi connectivity index (χ2v) is 8.39. The Bertz CT molecular complexity index is 867. The highest BCUT2D eigenvalue weighted by molar-refractivity contribution is 14.0. The standard InChI is InChI=1S/C23H34N6O2.HI/c1-3-24-22(26-19-9-10-21-27-20(16-30-2)28-29(21)15-19)25-17-23(11-13-31-14-12-23)18-7-5-4-6-8-18;/h4-8,19H,3,9-17H2,1-2H3,(H2,24,25,26);1H. The molecule has 2 aromatic rings. The average Bonchev–Trinajstić information content (AvgIpc) is 3.21. The molecule has 0 saturated carbocycles. The second kappa shape index (κ2) is 11.9. The summed E-state index contributed by atoms with van der Waals surface area (Å²) in [6.07, 6.45) is 3.90. The van der Waals surface area contributed by atoms with E-state index in [1.807, 2.05) is 4.68 Å². The van der Waals surface area contributed by atoms with Crippen molar-refractivity contribution in [1.82, 2.24) is 25.4 Å². The highest BCUT2D eigenvalue weighted by Crippen LogP contribution is 2.35. The quantitative estimate of drug-likeness (QED) is 0.311. The van der Waals surface area contributed by atoms with Gasteiger partial charge in [0.2, 0.25) is 0 Å². The molecule has 0 spiro atoms. The largest absolute Gasteiger partial charge is 0.381 e. The third kappa shape index (κ3) is 5.99. The van der Waals surface area contributed by atoms with Crippen LogP contribution < -0.4 is 10.6 Å². The topological polar surface area (TPSA) is 85.6 Å². The fourth-order valence-corrected chi connectivity index (χ4v) is 4.50. The lowest BCUT2D eigenvalue weighted by Gasteiger charge is -2.37. The number of aromatic nitrogens is 3. The van der Waals surface area contributed by atoms with Crippen molar-refractivity contribution in [2.45, 2.75) is 57.2 Å². The predicted molar refractivity (Wildman–Crippen MR) is 136 cm³/mol. The molecule has 1 atom stereocenters. The first-order chi connectivity index (χ1) is 15.2. The van der Waals surface area contributed by atoms with Gasteiger partial charge in [-0.1, -0.05) is 30.3 Å². The van der Waals surface area contributed by atoms with Gasteiger partial charge in [0.15, 0.2) is 11.8 Å². The monoisotopic (exact) mass is 554 g/mol. The second-order valence-electron chi connectivity index (χ2n) is 8.39. The summed E-state index contributed by atoms with van der Waals surface area (Å²) >= 11 is 0. The first-order valence-electron chi connectivity index (χ1n) is 11.3. The summed E-state index contributed by atoms with van der Waals surface area (Å²) in [5.74, 6) is 2.66. The maximum atomic E-state index is 5.67. The summed E-state index contributed by atoms with van der Waals surface area (Å²) in [6.45, 7) is 6.49. The van der Waals surface area contributed by atoms with Crippen molar-refractivity contribution in [1.29, 1.82) is 0 Å². The summed E-state index contributed by atoms with van der Waals surface area (Å²) < 4.78 is 12.8. The van der Waals surface area contributed by atoms with Crippen molar-refractivity contribution in [3.63, 3.8) is 0 Å². The Balaban J connectivity index is 0.00000289. The van der Waals surface area contributed by atoms with Gasteiger partial charge in [0.1, 0.15) is 12.4 Å². The zero-order valence-electron chi connectivity index (χ0n) is 19.0. The van der Waals surface area contributed by atoms with Crippen molar-refractivity contribution in [3.05, 3.63) is 47.5 Å². The molecule has 176 valence electrons. The summed E-state index contributed by atoms with van der Waals surface area (Å²) in [7, 11) is 1.67. The van der Waals surface area contributed by atoms with E-state index in [9.17, 15) is 0 Å². The molecule has 2 aliphatic heterocycles. The summed E-state index contributed by atoms with van der Waals surface area (Å²) in [5, 5.41) is 11.6. The number of nitrogens with zero attached hydrogens (tertiary/aromatic N) is 4. The van der Waals surface area contributed by atoms with Crippen LogP contribution in [0.3, 0.4) is 0 Å². The van der Waals surface area contributed by atoms with Gasteiger partial charge in [0.05, 0.1) is 13.1 Å². The van der Waals surface area contributed by atoms with Gasteiger partial charge in [-0.25, -0.2) is 9.67 Å². The Kier molecular flexibility index (Phi) is 9.30. The molecule has 2 aliphatic rings. The van der Waals surface area contributed by atoms with E-state index in [0.29, 0.717) is 6.61 Å². The van der Waals surface area contributed by atoms with E-state index in [-0.39, 0.29) is 35.4 Å². The van der Waals surface area contributed by atoms with Crippen molar-refractivity contribution in [2.24, 2.45) is 4.99 Å². The van der Waals surface area contributed by atoms with Crippen LogP contribution in [0.15, 0.2) is 35.3 Å². The van der Waals surface area contributed by atoms with Gasteiger partial charge in [-0.15, -0.1) is 24.0 Å². The predicted octanol–water partition coefficient (Wildman–Crippen LogP) is 2.66. The van der Waals surface area contributed by atoms with Crippen LogP contribution in [0.1, 0.15) is 43.4 Å². The van der Waals surface area contributed by atoms with Crippen LogP contribution in [0.4, 0.5) is 0 Å². The molecule has 0 amide bonds. The number of fused-ring (bicyclic) bond motifs is 1. The number of methoxy groups -OCH3 is 1. The first kappa shape index (κ1) is 24.9. The van der Waals surface area contributed by atoms with Crippen LogP contribution in [0.2, 0.25) is 0 Å². The van der Waals surface area contributed by atoms with Gasteiger partial charge >= 0.3 is 0 Å². The molecule has 1 aromatic heterocycles. The number of hydrogen-bond acceptors (Lipinski definition) is 5. The minimum atomic E-state index is 0. The smallest absolute Gasteiger partial charge is 0.191 e. The summed E-state index contributed by atoms with van der Waals surface area (Å²) in [4.78, 5) is 9.62. The van der Waals surface area contributed by atoms with Gasteiger partial charge in [-0.3, -0.25) is 4.99 Å². The van der Waals surface area contributed by atoms with Crippen LogP contribution in [-0.2, 0) is 34.5 Å².